The quantitative estimate of drug-likeness (QED) is 0.563. The Hall–Kier alpha value is -2.58. The van der Waals surface area contributed by atoms with Crippen LogP contribution in [0.2, 0.25) is 0 Å². The van der Waals surface area contributed by atoms with Crippen molar-refractivity contribution in [2.45, 2.75) is 0 Å². The molecule has 0 amide bonds. The number of hydrogen-bond acceptors (Lipinski definition) is 4. The Morgan fingerprint density at radius 3 is 1.42 bits per heavy atom. The first-order valence-electron chi connectivity index (χ1n) is 7.27. The largest absolute Gasteiger partial charge is 0.476 e. The third-order valence-corrected chi connectivity index (χ3v) is 4.48. The molecule has 0 bridgehead atoms. The van der Waals surface area contributed by atoms with Crippen LogP contribution in [0.25, 0.3) is 22.5 Å². The van der Waals surface area contributed by atoms with Crippen molar-refractivity contribution < 1.29 is 19.8 Å². The average Bonchev–Trinajstić information content (AvgIpc) is 2.60. The maximum Gasteiger partial charge on any atom is 0.357 e. The molecule has 0 aliphatic carbocycles. The third kappa shape index (κ3) is 3.66. The van der Waals surface area contributed by atoms with E-state index in [1.807, 2.05) is 12.1 Å². The molecule has 0 saturated carbocycles. The molecule has 0 aliphatic heterocycles. The lowest BCUT2D eigenvalue weighted by Crippen LogP contribution is -2.15. The van der Waals surface area contributed by atoms with E-state index < -0.39 is 23.3 Å². The van der Waals surface area contributed by atoms with Gasteiger partial charge in [0.25, 0.3) is 0 Å². The van der Waals surface area contributed by atoms with E-state index in [0.717, 1.165) is 8.95 Å². The molecule has 2 N–H and O–H groups in total. The lowest BCUT2D eigenvalue weighted by molar-refractivity contribution is 0.0641. The van der Waals surface area contributed by atoms with Gasteiger partial charge in [0.1, 0.15) is 0 Å². The van der Waals surface area contributed by atoms with E-state index >= 15 is 0 Å². The van der Waals surface area contributed by atoms with Gasteiger partial charge in [0.15, 0.2) is 11.4 Å². The number of carboxylic acid groups (broad SMARTS) is 2. The van der Waals surface area contributed by atoms with Gasteiger partial charge in [0.2, 0.25) is 0 Å². The van der Waals surface area contributed by atoms with E-state index in [2.05, 4.69) is 41.8 Å². The predicted octanol–water partition coefficient (Wildman–Crippen LogP) is 4.73. The van der Waals surface area contributed by atoms with Crippen LogP contribution in [0, 0.1) is 0 Å². The topological polar surface area (TPSA) is 100 Å². The van der Waals surface area contributed by atoms with Gasteiger partial charge >= 0.3 is 11.9 Å². The third-order valence-electron chi connectivity index (χ3n) is 3.50. The molecular formula is C18H10Br2N2O4. The van der Waals surface area contributed by atoms with E-state index in [-0.39, 0.29) is 11.4 Å². The van der Waals surface area contributed by atoms with Gasteiger partial charge in [0.05, 0.1) is 11.4 Å². The van der Waals surface area contributed by atoms with Crippen molar-refractivity contribution in [3.8, 4) is 22.5 Å². The summed E-state index contributed by atoms with van der Waals surface area (Å²) >= 11 is 6.74. The van der Waals surface area contributed by atoms with Crippen molar-refractivity contribution >= 4 is 43.8 Å². The molecule has 26 heavy (non-hydrogen) atoms. The van der Waals surface area contributed by atoms with Crippen molar-refractivity contribution in [2.75, 3.05) is 0 Å². The molecule has 0 spiro atoms. The van der Waals surface area contributed by atoms with Gasteiger partial charge in [-0.15, -0.1) is 0 Å². The first kappa shape index (κ1) is 18.2. The Labute approximate surface area is 164 Å². The summed E-state index contributed by atoms with van der Waals surface area (Å²) in [5, 5.41) is 18.7. The molecule has 130 valence electrons. The average molecular weight is 478 g/mol. The predicted molar refractivity (Wildman–Crippen MR) is 102 cm³/mol. The minimum Gasteiger partial charge on any atom is -0.476 e. The summed E-state index contributed by atoms with van der Waals surface area (Å²) in [5.74, 6) is -2.90. The lowest BCUT2D eigenvalue weighted by atomic mass is 10.0. The second-order valence-corrected chi connectivity index (χ2v) is 7.08. The molecule has 2 aromatic carbocycles. The van der Waals surface area contributed by atoms with Crippen LogP contribution in [0.1, 0.15) is 21.0 Å². The SMILES string of the molecule is O=C(O)c1nc(-c2cccc(Br)c2)c(-c2cccc(Br)c2)nc1C(=O)O. The van der Waals surface area contributed by atoms with E-state index in [1.54, 1.807) is 36.4 Å². The molecule has 8 heteroatoms. The maximum atomic E-state index is 11.5. The van der Waals surface area contributed by atoms with Gasteiger partial charge in [-0.1, -0.05) is 56.1 Å². The molecule has 3 aromatic rings. The van der Waals surface area contributed by atoms with E-state index in [0.29, 0.717) is 11.1 Å². The van der Waals surface area contributed by atoms with Gasteiger partial charge in [-0.3, -0.25) is 0 Å². The second kappa shape index (κ2) is 7.35. The minimum absolute atomic E-state index is 0.284. The summed E-state index contributed by atoms with van der Waals surface area (Å²) < 4.78 is 1.55. The zero-order chi connectivity index (χ0) is 18.8. The molecule has 1 aromatic heterocycles. The Kier molecular flexibility index (Phi) is 5.15. The van der Waals surface area contributed by atoms with Gasteiger partial charge in [-0.05, 0) is 24.3 Å². The molecule has 0 fully saturated rings. The number of carbonyl (C=O) groups is 2. The number of aromatic carboxylic acids is 2. The van der Waals surface area contributed by atoms with Gasteiger partial charge < -0.3 is 10.2 Å². The van der Waals surface area contributed by atoms with E-state index in [9.17, 15) is 19.8 Å². The van der Waals surface area contributed by atoms with Crippen molar-refractivity contribution in [3.05, 3.63) is 68.9 Å². The molecular weight excluding hydrogens is 468 g/mol. The van der Waals surface area contributed by atoms with Crippen LogP contribution in [0.15, 0.2) is 57.5 Å². The van der Waals surface area contributed by atoms with Crippen LogP contribution in [-0.4, -0.2) is 32.1 Å². The molecule has 0 radical (unpaired) electrons. The highest BCUT2D eigenvalue weighted by atomic mass is 79.9. The normalized spacial score (nSPS) is 10.5. The highest BCUT2D eigenvalue weighted by Gasteiger charge is 2.24. The lowest BCUT2D eigenvalue weighted by Gasteiger charge is -2.12. The zero-order valence-electron chi connectivity index (χ0n) is 13.0. The number of carboxylic acids is 2. The number of hydrogen-bond donors (Lipinski definition) is 2. The molecule has 0 unspecified atom stereocenters. The fourth-order valence-electron chi connectivity index (χ4n) is 2.41. The van der Waals surface area contributed by atoms with Crippen LogP contribution in [0.3, 0.4) is 0 Å². The first-order valence-corrected chi connectivity index (χ1v) is 8.86. The van der Waals surface area contributed by atoms with Crippen LogP contribution < -0.4 is 0 Å². The monoisotopic (exact) mass is 476 g/mol. The van der Waals surface area contributed by atoms with Crippen LogP contribution in [0.4, 0.5) is 0 Å². The Morgan fingerprint density at radius 1 is 0.731 bits per heavy atom. The first-order chi connectivity index (χ1) is 12.4. The van der Waals surface area contributed by atoms with Gasteiger partial charge in [-0.2, -0.15) is 0 Å². The number of rotatable bonds is 4. The summed E-state index contributed by atoms with van der Waals surface area (Å²) in [6.45, 7) is 0. The second-order valence-electron chi connectivity index (χ2n) is 5.25. The molecule has 6 nitrogen and oxygen atoms in total. The number of nitrogens with zero attached hydrogens (tertiary/aromatic N) is 2. The van der Waals surface area contributed by atoms with Crippen LogP contribution >= 0.6 is 31.9 Å². The number of benzene rings is 2. The minimum atomic E-state index is -1.45. The zero-order valence-corrected chi connectivity index (χ0v) is 16.2. The standard InChI is InChI=1S/C18H10Br2N2O4/c19-11-5-1-3-9(7-11)13-14(10-4-2-6-12(20)8-10)22-16(18(25)26)15(21-13)17(23)24/h1-8H,(H,23,24)(H,25,26). The summed E-state index contributed by atoms with van der Waals surface area (Å²) in [4.78, 5) is 31.3. The Balaban J connectivity index is 2.38. The van der Waals surface area contributed by atoms with Crippen molar-refractivity contribution in [2.24, 2.45) is 0 Å². The van der Waals surface area contributed by atoms with Crippen molar-refractivity contribution in [1.29, 1.82) is 0 Å². The van der Waals surface area contributed by atoms with Crippen LogP contribution in [0.5, 0.6) is 0 Å². The Bertz CT molecular complexity index is 955. The summed E-state index contributed by atoms with van der Waals surface area (Å²) in [6, 6.07) is 14.2. The van der Waals surface area contributed by atoms with Crippen molar-refractivity contribution in [3.63, 3.8) is 0 Å². The van der Waals surface area contributed by atoms with Crippen LogP contribution in [-0.2, 0) is 0 Å². The molecule has 3 rings (SSSR count). The number of aromatic nitrogens is 2. The smallest absolute Gasteiger partial charge is 0.357 e. The molecule has 1 heterocycles. The van der Waals surface area contributed by atoms with Crippen molar-refractivity contribution in [1.82, 2.24) is 9.97 Å². The van der Waals surface area contributed by atoms with E-state index in [4.69, 9.17) is 0 Å². The maximum absolute atomic E-state index is 11.5. The summed E-state index contributed by atoms with van der Waals surface area (Å²) in [7, 11) is 0. The highest BCUT2D eigenvalue weighted by molar-refractivity contribution is 9.10. The fraction of sp³-hybridized carbons (Fsp3) is 0. The van der Waals surface area contributed by atoms with E-state index in [1.165, 1.54) is 0 Å². The molecule has 0 aliphatic rings. The Morgan fingerprint density at radius 2 is 1.12 bits per heavy atom. The molecule has 0 atom stereocenters. The highest BCUT2D eigenvalue weighted by Crippen LogP contribution is 2.32. The molecule has 0 saturated heterocycles. The summed E-state index contributed by atoms with van der Waals surface area (Å²) in [6.07, 6.45) is 0. The summed E-state index contributed by atoms with van der Waals surface area (Å²) in [5.41, 5.74) is 0.582. The number of halogens is 2. The fourth-order valence-corrected chi connectivity index (χ4v) is 3.21. The van der Waals surface area contributed by atoms with Gasteiger partial charge in [0, 0.05) is 20.1 Å². The van der Waals surface area contributed by atoms with Gasteiger partial charge in [-0.25, -0.2) is 19.6 Å².